The minimum absolute atomic E-state index is 0.299. The van der Waals surface area contributed by atoms with Crippen LogP contribution in [-0.4, -0.2) is 5.78 Å². The Hall–Kier alpha value is -1.89. The molecule has 0 radical (unpaired) electrons. The van der Waals surface area contributed by atoms with Gasteiger partial charge in [-0.05, 0) is 60.6 Å². The third-order valence-electron chi connectivity index (χ3n) is 4.18. The molecule has 3 rings (SSSR count). The molecule has 0 amide bonds. The third-order valence-corrected chi connectivity index (χ3v) is 4.18. The van der Waals surface area contributed by atoms with Crippen LogP contribution in [0.25, 0.3) is 11.1 Å². The van der Waals surface area contributed by atoms with Crippen LogP contribution in [0.5, 0.6) is 0 Å². The van der Waals surface area contributed by atoms with Crippen molar-refractivity contribution in [3.8, 4) is 11.1 Å². The number of fused-ring (bicyclic) bond motifs is 1. The number of aryl methyl sites for hydroxylation is 2. The first-order chi connectivity index (χ1) is 9.16. The Bertz CT molecular complexity index is 653. The predicted molar refractivity (Wildman–Crippen MR) is 78.6 cm³/mol. The van der Waals surface area contributed by atoms with Crippen molar-refractivity contribution in [1.82, 2.24) is 0 Å². The maximum Gasteiger partial charge on any atom is 0.163 e. The van der Waals surface area contributed by atoms with Crippen LogP contribution in [0.4, 0.5) is 0 Å². The van der Waals surface area contributed by atoms with Crippen molar-refractivity contribution in [2.24, 2.45) is 0 Å². The van der Waals surface area contributed by atoms with Gasteiger partial charge in [-0.1, -0.05) is 30.3 Å². The lowest BCUT2D eigenvalue weighted by Crippen LogP contribution is -2.10. The van der Waals surface area contributed by atoms with Crippen LogP contribution in [0, 0.1) is 13.8 Å². The Morgan fingerprint density at radius 1 is 0.947 bits per heavy atom. The first-order valence-electron chi connectivity index (χ1n) is 6.89. The number of Topliss-reactive ketones (excluding diaryl/α,β-unsaturated/α-hetero) is 1. The van der Waals surface area contributed by atoms with Crippen LogP contribution in [0.3, 0.4) is 0 Å². The first kappa shape index (κ1) is 12.2. The lowest BCUT2D eigenvalue weighted by molar-refractivity contribution is 0.0972. The highest BCUT2D eigenvalue weighted by molar-refractivity contribution is 5.99. The Labute approximate surface area is 114 Å². The molecule has 0 saturated heterocycles. The number of hydrogen-bond donors (Lipinski definition) is 0. The Morgan fingerprint density at radius 2 is 1.79 bits per heavy atom. The number of rotatable bonds is 1. The zero-order valence-electron chi connectivity index (χ0n) is 11.5. The standard InChI is InChI=1S/C18H18O/c1-12-5-3-7-16(13(12)2)15-10-9-14-6-4-8-18(19)17(14)11-15/h3,5,7,9-11H,4,6,8H2,1-2H3. The molecule has 1 nitrogen and oxygen atoms in total. The van der Waals surface area contributed by atoms with Crippen molar-refractivity contribution < 1.29 is 4.79 Å². The van der Waals surface area contributed by atoms with Gasteiger partial charge in [-0.2, -0.15) is 0 Å². The summed E-state index contributed by atoms with van der Waals surface area (Å²) < 4.78 is 0. The smallest absolute Gasteiger partial charge is 0.163 e. The average molecular weight is 250 g/mol. The third kappa shape index (κ3) is 2.10. The lowest BCUT2D eigenvalue weighted by atomic mass is 9.87. The van der Waals surface area contributed by atoms with Gasteiger partial charge in [0.2, 0.25) is 0 Å². The fourth-order valence-corrected chi connectivity index (χ4v) is 2.86. The number of carbonyl (C=O) groups excluding carboxylic acids is 1. The molecule has 2 aromatic carbocycles. The molecule has 1 heteroatoms. The van der Waals surface area contributed by atoms with Crippen LogP contribution in [0.2, 0.25) is 0 Å². The summed E-state index contributed by atoms with van der Waals surface area (Å²) in [6, 6.07) is 12.7. The summed E-state index contributed by atoms with van der Waals surface area (Å²) in [6.07, 6.45) is 2.73. The second-order valence-electron chi connectivity index (χ2n) is 5.40. The zero-order chi connectivity index (χ0) is 13.4. The van der Waals surface area contributed by atoms with Crippen LogP contribution in [-0.2, 0) is 6.42 Å². The average Bonchev–Trinajstić information content (AvgIpc) is 2.42. The monoisotopic (exact) mass is 250 g/mol. The second kappa shape index (κ2) is 4.65. The van der Waals surface area contributed by atoms with E-state index in [2.05, 4.69) is 50.2 Å². The summed E-state index contributed by atoms with van der Waals surface area (Å²) in [6.45, 7) is 4.27. The molecule has 2 aromatic rings. The van der Waals surface area contributed by atoms with E-state index in [1.165, 1.54) is 22.3 Å². The second-order valence-corrected chi connectivity index (χ2v) is 5.40. The molecule has 1 aliphatic carbocycles. The minimum Gasteiger partial charge on any atom is -0.294 e. The lowest BCUT2D eigenvalue weighted by Gasteiger charge is -2.16. The molecule has 0 spiro atoms. The topological polar surface area (TPSA) is 17.1 Å². The summed E-state index contributed by atoms with van der Waals surface area (Å²) in [5.41, 5.74) is 7.14. The van der Waals surface area contributed by atoms with Gasteiger partial charge in [0.15, 0.2) is 5.78 Å². The van der Waals surface area contributed by atoms with Crippen molar-refractivity contribution in [2.75, 3.05) is 0 Å². The highest BCUT2D eigenvalue weighted by atomic mass is 16.1. The largest absolute Gasteiger partial charge is 0.294 e. The van der Waals surface area contributed by atoms with Gasteiger partial charge in [0, 0.05) is 12.0 Å². The highest BCUT2D eigenvalue weighted by Gasteiger charge is 2.17. The SMILES string of the molecule is Cc1cccc(-c2ccc3c(c2)C(=O)CCC3)c1C. The number of hydrogen-bond acceptors (Lipinski definition) is 1. The highest BCUT2D eigenvalue weighted by Crippen LogP contribution is 2.30. The molecule has 0 aliphatic heterocycles. The van der Waals surface area contributed by atoms with Crippen LogP contribution < -0.4 is 0 Å². The number of benzene rings is 2. The van der Waals surface area contributed by atoms with Crippen molar-refractivity contribution in [1.29, 1.82) is 0 Å². The van der Waals surface area contributed by atoms with Crippen LogP contribution in [0.1, 0.15) is 39.9 Å². The summed E-state index contributed by atoms with van der Waals surface area (Å²) >= 11 is 0. The van der Waals surface area contributed by atoms with Crippen LogP contribution >= 0.6 is 0 Å². The Morgan fingerprint density at radius 3 is 2.63 bits per heavy atom. The quantitative estimate of drug-likeness (QED) is 0.728. The van der Waals surface area contributed by atoms with E-state index in [4.69, 9.17) is 0 Å². The molecule has 0 fully saturated rings. The van der Waals surface area contributed by atoms with Crippen LogP contribution in [0.15, 0.2) is 36.4 Å². The summed E-state index contributed by atoms with van der Waals surface area (Å²) in [4.78, 5) is 12.0. The van der Waals surface area contributed by atoms with Gasteiger partial charge in [-0.3, -0.25) is 4.79 Å². The summed E-state index contributed by atoms with van der Waals surface area (Å²) in [7, 11) is 0. The van der Waals surface area contributed by atoms with Gasteiger partial charge in [0.05, 0.1) is 0 Å². The molecule has 19 heavy (non-hydrogen) atoms. The maximum absolute atomic E-state index is 12.0. The fraction of sp³-hybridized carbons (Fsp3) is 0.278. The van der Waals surface area contributed by atoms with Gasteiger partial charge in [0.1, 0.15) is 0 Å². The normalized spacial score (nSPS) is 14.3. The molecule has 0 N–H and O–H groups in total. The van der Waals surface area contributed by atoms with Gasteiger partial charge in [0.25, 0.3) is 0 Å². The first-order valence-corrected chi connectivity index (χ1v) is 6.89. The van der Waals surface area contributed by atoms with Gasteiger partial charge < -0.3 is 0 Å². The van der Waals surface area contributed by atoms with Crippen molar-refractivity contribution in [3.05, 3.63) is 58.7 Å². The molecule has 0 aromatic heterocycles. The molecule has 0 bridgehead atoms. The molecule has 1 aliphatic rings. The van der Waals surface area contributed by atoms with E-state index in [9.17, 15) is 4.79 Å². The maximum atomic E-state index is 12.0. The molecule has 0 unspecified atom stereocenters. The van der Waals surface area contributed by atoms with Crippen molar-refractivity contribution in [2.45, 2.75) is 33.1 Å². The van der Waals surface area contributed by atoms with E-state index in [0.29, 0.717) is 12.2 Å². The fourth-order valence-electron chi connectivity index (χ4n) is 2.86. The van der Waals surface area contributed by atoms with Gasteiger partial charge >= 0.3 is 0 Å². The van der Waals surface area contributed by atoms with Gasteiger partial charge in [-0.25, -0.2) is 0 Å². The molecular weight excluding hydrogens is 232 g/mol. The van der Waals surface area contributed by atoms with E-state index in [-0.39, 0.29) is 0 Å². The molecule has 0 saturated carbocycles. The zero-order valence-corrected chi connectivity index (χ0v) is 11.5. The molecule has 0 atom stereocenters. The van der Waals surface area contributed by atoms with E-state index >= 15 is 0 Å². The molecule has 0 heterocycles. The number of ketones is 1. The van der Waals surface area contributed by atoms with Crippen molar-refractivity contribution in [3.63, 3.8) is 0 Å². The Kier molecular flexibility index (Phi) is 2.98. The Balaban J connectivity index is 2.14. The van der Waals surface area contributed by atoms with Gasteiger partial charge in [-0.15, -0.1) is 0 Å². The molecule has 96 valence electrons. The van der Waals surface area contributed by atoms with E-state index in [0.717, 1.165) is 24.0 Å². The minimum atomic E-state index is 0.299. The van der Waals surface area contributed by atoms with E-state index in [1.807, 2.05) is 0 Å². The van der Waals surface area contributed by atoms with E-state index in [1.54, 1.807) is 0 Å². The predicted octanol–water partition coefficient (Wildman–Crippen LogP) is 4.49. The molecular formula is C18H18O. The summed E-state index contributed by atoms with van der Waals surface area (Å²) in [5, 5.41) is 0. The van der Waals surface area contributed by atoms with E-state index < -0.39 is 0 Å². The number of carbonyl (C=O) groups is 1. The summed E-state index contributed by atoms with van der Waals surface area (Å²) in [5.74, 6) is 0.299. The van der Waals surface area contributed by atoms with Crippen molar-refractivity contribution >= 4 is 5.78 Å².